The Kier molecular flexibility index (Phi) is 6.04. The Balaban J connectivity index is 2.21. The zero-order valence-corrected chi connectivity index (χ0v) is 14.1. The molecule has 124 valence electrons. The number of amides is 1. The van der Waals surface area contributed by atoms with Crippen LogP contribution in [0, 0.1) is 0 Å². The number of carboxylic acid groups (broad SMARTS) is 1. The smallest absolute Gasteiger partial charge is 0.326 e. The van der Waals surface area contributed by atoms with Gasteiger partial charge < -0.3 is 15.0 Å². The van der Waals surface area contributed by atoms with Gasteiger partial charge in [-0.2, -0.15) is 11.8 Å². The Morgan fingerprint density at radius 1 is 1.39 bits per heavy atom. The van der Waals surface area contributed by atoms with E-state index in [9.17, 15) is 9.59 Å². The predicted molar refractivity (Wildman–Crippen MR) is 91.4 cm³/mol. The minimum Gasteiger partial charge on any atom is -0.480 e. The number of benzene rings is 1. The van der Waals surface area contributed by atoms with Gasteiger partial charge >= 0.3 is 5.97 Å². The average Bonchev–Trinajstić information content (AvgIpc) is 2.85. The summed E-state index contributed by atoms with van der Waals surface area (Å²) in [4.78, 5) is 28.0. The van der Waals surface area contributed by atoms with Gasteiger partial charge in [0.1, 0.15) is 18.4 Å². The third-order valence-corrected chi connectivity index (χ3v) is 4.07. The lowest BCUT2D eigenvalue weighted by Crippen LogP contribution is -2.42. The van der Waals surface area contributed by atoms with Crippen molar-refractivity contribution in [1.82, 2.24) is 14.9 Å². The second kappa shape index (κ2) is 8.01. The summed E-state index contributed by atoms with van der Waals surface area (Å²) in [5.74, 6) is 0.201. The number of nitrogens with one attached hydrogen (secondary N) is 1. The highest BCUT2D eigenvalue weighted by Gasteiger charge is 2.20. The highest BCUT2D eigenvalue weighted by molar-refractivity contribution is 7.97. The molecule has 23 heavy (non-hydrogen) atoms. The molecule has 0 aliphatic rings. The van der Waals surface area contributed by atoms with Gasteiger partial charge in [-0.1, -0.05) is 25.5 Å². The van der Waals surface area contributed by atoms with Gasteiger partial charge in [0.15, 0.2) is 0 Å². The molecule has 1 heterocycles. The lowest BCUT2D eigenvalue weighted by Gasteiger charge is -2.15. The number of rotatable bonds is 8. The number of thioether (sulfide) groups is 1. The maximum atomic E-state index is 12.3. The van der Waals surface area contributed by atoms with E-state index in [1.54, 1.807) is 11.8 Å². The van der Waals surface area contributed by atoms with Crippen LogP contribution in [-0.4, -0.2) is 38.8 Å². The summed E-state index contributed by atoms with van der Waals surface area (Å²) in [5, 5.41) is 11.7. The zero-order chi connectivity index (χ0) is 16.8. The number of carbonyl (C=O) groups is 2. The standard InChI is InChI=1S/C16H21N3O3S/c1-3-6-12(16(21)22)18-15(20)9-19-13-8-5-4-7-11(13)17-14(19)10-23-2/h4-5,7-8,12H,3,6,9-10H2,1-2H3,(H,18,20)(H,21,22). The largest absolute Gasteiger partial charge is 0.480 e. The summed E-state index contributed by atoms with van der Waals surface area (Å²) < 4.78 is 1.85. The topological polar surface area (TPSA) is 84.2 Å². The molecule has 0 saturated carbocycles. The van der Waals surface area contributed by atoms with E-state index < -0.39 is 12.0 Å². The van der Waals surface area contributed by atoms with Crippen LogP contribution in [0.1, 0.15) is 25.6 Å². The van der Waals surface area contributed by atoms with E-state index >= 15 is 0 Å². The van der Waals surface area contributed by atoms with E-state index in [1.165, 1.54) is 0 Å². The van der Waals surface area contributed by atoms with Crippen LogP contribution in [0.2, 0.25) is 0 Å². The monoisotopic (exact) mass is 335 g/mol. The quantitative estimate of drug-likeness (QED) is 0.773. The number of hydrogen-bond acceptors (Lipinski definition) is 4. The maximum Gasteiger partial charge on any atom is 0.326 e. The molecule has 0 bridgehead atoms. The number of aliphatic carboxylic acids is 1. The first kappa shape index (κ1) is 17.3. The lowest BCUT2D eigenvalue weighted by atomic mass is 10.1. The number of imidazole rings is 1. The zero-order valence-electron chi connectivity index (χ0n) is 13.3. The molecule has 2 N–H and O–H groups in total. The number of nitrogens with zero attached hydrogens (tertiary/aromatic N) is 2. The van der Waals surface area contributed by atoms with Gasteiger partial charge in [-0.05, 0) is 24.8 Å². The number of fused-ring (bicyclic) bond motifs is 1. The molecule has 1 aromatic heterocycles. The third-order valence-electron chi connectivity index (χ3n) is 3.52. The number of carbonyl (C=O) groups excluding carboxylic acids is 1. The van der Waals surface area contributed by atoms with E-state index in [2.05, 4.69) is 10.3 Å². The van der Waals surface area contributed by atoms with Gasteiger partial charge in [0, 0.05) is 0 Å². The fourth-order valence-corrected chi connectivity index (χ4v) is 2.95. The van der Waals surface area contributed by atoms with Crippen molar-refractivity contribution in [1.29, 1.82) is 0 Å². The van der Waals surface area contributed by atoms with Crippen LogP contribution in [-0.2, 0) is 21.9 Å². The van der Waals surface area contributed by atoms with Crippen molar-refractivity contribution < 1.29 is 14.7 Å². The van der Waals surface area contributed by atoms with Crippen molar-refractivity contribution in [2.45, 2.75) is 38.1 Å². The molecule has 2 aromatic rings. The van der Waals surface area contributed by atoms with Gasteiger partial charge in [-0.15, -0.1) is 0 Å². The molecular formula is C16H21N3O3S. The average molecular weight is 335 g/mol. The summed E-state index contributed by atoms with van der Waals surface area (Å²) in [6.45, 7) is 1.96. The lowest BCUT2D eigenvalue weighted by molar-refractivity contribution is -0.142. The molecule has 0 fully saturated rings. The minimum atomic E-state index is -1.000. The number of aromatic nitrogens is 2. The molecule has 0 saturated heterocycles. The Labute approximate surface area is 139 Å². The molecule has 7 heteroatoms. The molecule has 0 aliphatic carbocycles. The fraction of sp³-hybridized carbons (Fsp3) is 0.438. The van der Waals surface area contributed by atoms with Gasteiger partial charge in [0.25, 0.3) is 0 Å². The molecule has 1 atom stereocenters. The molecule has 1 aromatic carbocycles. The third kappa shape index (κ3) is 4.25. The Morgan fingerprint density at radius 2 is 2.13 bits per heavy atom. The van der Waals surface area contributed by atoms with Gasteiger partial charge in [0.05, 0.1) is 16.8 Å². The van der Waals surface area contributed by atoms with E-state index in [0.29, 0.717) is 18.6 Å². The highest BCUT2D eigenvalue weighted by Crippen LogP contribution is 2.18. The van der Waals surface area contributed by atoms with Crippen LogP contribution < -0.4 is 5.32 Å². The van der Waals surface area contributed by atoms with Crippen molar-refractivity contribution in [2.24, 2.45) is 0 Å². The molecule has 1 unspecified atom stereocenters. The molecule has 6 nitrogen and oxygen atoms in total. The molecule has 0 spiro atoms. The first-order valence-electron chi connectivity index (χ1n) is 7.52. The van der Waals surface area contributed by atoms with Crippen LogP contribution in [0.15, 0.2) is 24.3 Å². The van der Waals surface area contributed by atoms with Crippen LogP contribution in [0.4, 0.5) is 0 Å². The number of hydrogen-bond donors (Lipinski definition) is 2. The van der Waals surface area contributed by atoms with Crippen molar-refractivity contribution in [2.75, 3.05) is 6.26 Å². The Morgan fingerprint density at radius 3 is 2.78 bits per heavy atom. The van der Waals surface area contributed by atoms with Crippen LogP contribution in [0.3, 0.4) is 0 Å². The van der Waals surface area contributed by atoms with E-state index in [0.717, 1.165) is 16.9 Å². The van der Waals surface area contributed by atoms with Crippen LogP contribution in [0.25, 0.3) is 11.0 Å². The van der Waals surface area contributed by atoms with Crippen LogP contribution >= 0.6 is 11.8 Å². The summed E-state index contributed by atoms with van der Waals surface area (Å²) in [6.07, 6.45) is 3.10. The first-order chi connectivity index (χ1) is 11.1. The first-order valence-corrected chi connectivity index (χ1v) is 8.91. The Bertz CT molecular complexity index is 699. The number of carboxylic acids is 1. The van der Waals surface area contributed by atoms with Gasteiger partial charge in [-0.25, -0.2) is 9.78 Å². The van der Waals surface area contributed by atoms with Crippen molar-refractivity contribution in [3.63, 3.8) is 0 Å². The second-order valence-electron chi connectivity index (χ2n) is 5.28. The molecule has 1 amide bonds. The van der Waals surface area contributed by atoms with Crippen molar-refractivity contribution >= 4 is 34.7 Å². The normalized spacial score (nSPS) is 12.3. The van der Waals surface area contributed by atoms with E-state index in [4.69, 9.17) is 5.11 Å². The summed E-state index contributed by atoms with van der Waals surface area (Å²) in [7, 11) is 0. The van der Waals surface area contributed by atoms with Gasteiger partial charge in [0.2, 0.25) is 5.91 Å². The SMILES string of the molecule is CCCC(NC(=O)Cn1c(CSC)nc2ccccc21)C(=O)O. The van der Waals surface area contributed by atoms with Crippen molar-refractivity contribution in [3.05, 3.63) is 30.1 Å². The number of para-hydroxylation sites is 2. The Hall–Kier alpha value is -2.02. The van der Waals surface area contributed by atoms with E-state index in [-0.39, 0.29) is 12.5 Å². The molecular weight excluding hydrogens is 314 g/mol. The minimum absolute atomic E-state index is 0.0733. The maximum absolute atomic E-state index is 12.3. The fourth-order valence-electron chi connectivity index (χ4n) is 2.47. The molecule has 0 radical (unpaired) electrons. The van der Waals surface area contributed by atoms with Crippen molar-refractivity contribution in [3.8, 4) is 0 Å². The molecule has 0 aliphatic heterocycles. The highest BCUT2D eigenvalue weighted by atomic mass is 32.2. The summed E-state index contributed by atoms with van der Waals surface area (Å²) >= 11 is 1.63. The summed E-state index contributed by atoms with van der Waals surface area (Å²) in [6, 6.07) is 6.79. The van der Waals surface area contributed by atoms with Gasteiger partial charge in [-0.3, -0.25) is 4.79 Å². The van der Waals surface area contributed by atoms with Crippen LogP contribution in [0.5, 0.6) is 0 Å². The second-order valence-corrected chi connectivity index (χ2v) is 6.15. The van der Waals surface area contributed by atoms with E-state index in [1.807, 2.05) is 42.0 Å². The molecule has 2 rings (SSSR count). The summed E-state index contributed by atoms with van der Waals surface area (Å²) in [5.41, 5.74) is 1.72. The predicted octanol–water partition coefficient (Wildman–Crippen LogP) is 2.27.